The second-order valence-corrected chi connectivity index (χ2v) is 5.53. The van der Waals surface area contributed by atoms with Gasteiger partial charge in [0.25, 0.3) is 0 Å². The normalized spacial score (nSPS) is 12.5. The number of pyridine rings is 1. The maximum Gasteiger partial charge on any atom is 0.149 e. The predicted octanol–water partition coefficient (Wildman–Crippen LogP) is 4.34. The summed E-state index contributed by atoms with van der Waals surface area (Å²) in [4.78, 5) is 4.27. The zero-order valence-electron chi connectivity index (χ0n) is 10.4. The number of aromatic nitrogens is 1. The molecule has 1 aromatic carbocycles. The molecule has 0 aliphatic carbocycles. The van der Waals surface area contributed by atoms with Gasteiger partial charge in [-0.2, -0.15) is 0 Å². The summed E-state index contributed by atoms with van der Waals surface area (Å²) in [5, 5.41) is 10.3. The molecule has 0 fully saturated rings. The zero-order chi connectivity index (χ0) is 14.2. The van der Waals surface area contributed by atoms with Crippen molar-refractivity contribution in [3.63, 3.8) is 0 Å². The summed E-state index contributed by atoms with van der Waals surface area (Å²) in [6, 6.07) is 6.65. The topological polar surface area (TPSA) is 33.1 Å². The van der Waals surface area contributed by atoms with Crippen LogP contribution in [0.1, 0.15) is 28.6 Å². The molecule has 0 aliphatic rings. The van der Waals surface area contributed by atoms with Crippen molar-refractivity contribution in [1.29, 1.82) is 0 Å². The molecule has 1 heterocycles. The Balaban J connectivity index is 2.50. The lowest BCUT2D eigenvalue weighted by atomic mass is 9.99. The number of hydrogen-bond acceptors (Lipinski definition) is 2. The summed E-state index contributed by atoms with van der Waals surface area (Å²) in [6.07, 6.45) is -1.08. The summed E-state index contributed by atoms with van der Waals surface area (Å²) in [5.41, 5.74) is 2.23. The van der Waals surface area contributed by atoms with Gasteiger partial charge >= 0.3 is 0 Å². The Hall–Kier alpha value is -0.970. The number of rotatable bonds is 2. The van der Waals surface area contributed by atoms with E-state index in [4.69, 9.17) is 11.6 Å². The summed E-state index contributed by atoms with van der Waals surface area (Å²) in [5.74, 6) is -0.622. The van der Waals surface area contributed by atoms with E-state index in [0.717, 1.165) is 5.69 Å². The van der Waals surface area contributed by atoms with Crippen LogP contribution < -0.4 is 0 Å². The van der Waals surface area contributed by atoms with Crippen molar-refractivity contribution in [3.8, 4) is 0 Å². The Morgan fingerprint density at radius 2 is 1.84 bits per heavy atom. The highest BCUT2D eigenvalue weighted by atomic mass is 79.9. The molecule has 100 valence electrons. The first-order valence-electron chi connectivity index (χ1n) is 5.67. The van der Waals surface area contributed by atoms with Gasteiger partial charge in [0.05, 0.1) is 5.02 Å². The van der Waals surface area contributed by atoms with E-state index < -0.39 is 11.9 Å². The quantitative estimate of drug-likeness (QED) is 0.822. The van der Waals surface area contributed by atoms with Crippen molar-refractivity contribution in [2.75, 3.05) is 0 Å². The van der Waals surface area contributed by atoms with Crippen LogP contribution in [0.25, 0.3) is 0 Å². The molecule has 1 aromatic heterocycles. The Morgan fingerprint density at radius 1 is 1.21 bits per heavy atom. The fourth-order valence-corrected chi connectivity index (χ4v) is 2.38. The molecule has 0 amide bonds. The lowest BCUT2D eigenvalue weighted by molar-refractivity contribution is 0.213. The average Bonchev–Trinajstić information content (AvgIpc) is 2.35. The predicted molar refractivity (Wildman–Crippen MR) is 76.9 cm³/mol. The molecule has 1 unspecified atom stereocenters. The third-order valence-electron chi connectivity index (χ3n) is 2.92. The van der Waals surface area contributed by atoms with E-state index in [1.165, 1.54) is 6.07 Å². The van der Waals surface area contributed by atoms with Gasteiger partial charge in [-0.05, 0) is 41.9 Å². The van der Waals surface area contributed by atoms with Crippen LogP contribution in [0.4, 0.5) is 4.39 Å². The largest absolute Gasteiger partial charge is 0.383 e. The Morgan fingerprint density at radius 3 is 2.47 bits per heavy atom. The first-order chi connectivity index (χ1) is 8.91. The summed E-state index contributed by atoms with van der Waals surface area (Å²) in [7, 11) is 0. The fourth-order valence-electron chi connectivity index (χ4n) is 1.91. The second kappa shape index (κ2) is 5.57. The van der Waals surface area contributed by atoms with Crippen molar-refractivity contribution >= 4 is 27.5 Å². The maximum atomic E-state index is 14.1. The SMILES string of the molecule is Cc1ccc(C(O)c2ccc(Br)c(Cl)c2F)c(C)n1. The summed E-state index contributed by atoms with van der Waals surface area (Å²) < 4.78 is 14.5. The van der Waals surface area contributed by atoms with E-state index >= 15 is 0 Å². The molecule has 0 spiro atoms. The number of aliphatic hydroxyl groups excluding tert-OH is 1. The molecule has 1 N–H and O–H groups in total. The first kappa shape index (κ1) is 14.4. The average molecular weight is 345 g/mol. The van der Waals surface area contributed by atoms with Gasteiger partial charge in [0, 0.05) is 27.0 Å². The lowest BCUT2D eigenvalue weighted by Crippen LogP contribution is -2.06. The molecular weight excluding hydrogens is 333 g/mol. The van der Waals surface area contributed by atoms with Crippen molar-refractivity contribution in [2.24, 2.45) is 0 Å². The summed E-state index contributed by atoms with van der Waals surface area (Å²) in [6.45, 7) is 3.64. The van der Waals surface area contributed by atoms with E-state index in [0.29, 0.717) is 15.7 Å². The van der Waals surface area contributed by atoms with Gasteiger partial charge in [0.1, 0.15) is 11.9 Å². The second-order valence-electron chi connectivity index (χ2n) is 4.29. The van der Waals surface area contributed by atoms with Gasteiger partial charge in [-0.25, -0.2) is 4.39 Å². The van der Waals surface area contributed by atoms with E-state index in [9.17, 15) is 9.50 Å². The number of aryl methyl sites for hydroxylation is 2. The van der Waals surface area contributed by atoms with Gasteiger partial charge < -0.3 is 5.11 Å². The number of halogens is 3. The molecule has 0 aliphatic heterocycles. The highest BCUT2D eigenvalue weighted by Crippen LogP contribution is 2.33. The number of aliphatic hydroxyl groups is 1. The van der Waals surface area contributed by atoms with Crippen LogP contribution in [0.5, 0.6) is 0 Å². The van der Waals surface area contributed by atoms with Gasteiger partial charge in [-0.1, -0.05) is 23.7 Å². The Labute approximate surface area is 124 Å². The van der Waals surface area contributed by atoms with Crippen LogP contribution in [-0.2, 0) is 0 Å². The van der Waals surface area contributed by atoms with Crippen molar-refractivity contribution in [3.05, 3.63) is 62.1 Å². The molecule has 19 heavy (non-hydrogen) atoms. The molecule has 1 atom stereocenters. The van der Waals surface area contributed by atoms with Gasteiger partial charge in [0.15, 0.2) is 0 Å². The van der Waals surface area contributed by atoms with Crippen LogP contribution in [0.3, 0.4) is 0 Å². The molecule has 5 heteroatoms. The van der Waals surface area contributed by atoms with E-state index in [1.54, 1.807) is 25.1 Å². The molecule has 0 radical (unpaired) electrons. The van der Waals surface area contributed by atoms with Crippen molar-refractivity contribution in [1.82, 2.24) is 4.98 Å². The maximum absolute atomic E-state index is 14.1. The minimum absolute atomic E-state index is 0.0331. The molecule has 0 bridgehead atoms. The van der Waals surface area contributed by atoms with Crippen molar-refractivity contribution in [2.45, 2.75) is 20.0 Å². The minimum Gasteiger partial charge on any atom is -0.383 e. The highest BCUT2D eigenvalue weighted by Gasteiger charge is 2.20. The molecule has 2 nitrogen and oxygen atoms in total. The van der Waals surface area contributed by atoms with Crippen LogP contribution in [0.15, 0.2) is 28.7 Å². The van der Waals surface area contributed by atoms with Crippen LogP contribution in [0, 0.1) is 19.7 Å². The standard InChI is InChI=1S/C14H12BrClFNO/c1-7-3-4-9(8(2)18-7)14(19)10-5-6-11(15)12(16)13(10)17/h3-6,14,19H,1-2H3. The lowest BCUT2D eigenvalue weighted by Gasteiger charge is -2.15. The van der Waals surface area contributed by atoms with Gasteiger partial charge in [-0.3, -0.25) is 4.98 Å². The Kier molecular flexibility index (Phi) is 4.23. The molecular formula is C14H12BrClFNO. The van der Waals surface area contributed by atoms with Gasteiger partial charge in [-0.15, -0.1) is 0 Å². The van der Waals surface area contributed by atoms with Crippen LogP contribution in [0.2, 0.25) is 5.02 Å². The zero-order valence-corrected chi connectivity index (χ0v) is 12.8. The van der Waals surface area contributed by atoms with E-state index in [2.05, 4.69) is 20.9 Å². The third-order valence-corrected chi connectivity index (χ3v) is 4.18. The third kappa shape index (κ3) is 2.81. The Bertz CT molecular complexity index is 633. The smallest absolute Gasteiger partial charge is 0.149 e. The highest BCUT2D eigenvalue weighted by molar-refractivity contribution is 9.10. The van der Waals surface area contributed by atoms with E-state index in [-0.39, 0.29) is 10.6 Å². The first-order valence-corrected chi connectivity index (χ1v) is 6.84. The molecule has 0 saturated carbocycles. The molecule has 2 rings (SSSR count). The van der Waals surface area contributed by atoms with Crippen LogP contribution in [-0.4, -0.2) is 10.1 Å². The number of hydrogen-bond donors (Lipinski definition) is 1. The van der Waals surface area contributed by atoms with Crippen LogP contribution >= 0.6 is 27.5 Å². The van der Waals surface area contributed by atoms with E-state index in [1.807, 2.05) is 6.92 Å². The molecule has 0 saturated heterocycles. The number of nitrogens with zero attached hydrogens (tertiary/aromatic N) is 1. The monoisotopic (exact) mass is 343 g/mol. The van der Waals surface area contributed by atoms with Gasteiger partial charge in [0.2, 0.25) is 0 Å². The number of benzene rings is 1. The minimum atomic E-state index is -1.08. The summed E-state index contributed by atoms with van der Waals surface area (Å²) >= 11 is 8.97. The molecule has 2 aromatic rings. The fraction of sp³-hybridized carbons (Fsp3) is 0.214. The van der Waals surface area contributed by atoms with Crippen molar-refractivity contribution < 1.29 is 9.50 Å².